The molecule has 4 rings (SSSR count). The third-order valence-electron chi connectivity index (χ3n) is 5.49. The van der Waals surface area contributed by atoms with E-state index in [0.717, 1.165) is 24.1 Å². The van der Waals surface area contributed by atoms with Crippen LogP contribution in [0.3, 0.4) is 0 Å². The first-order valence-corrected chi connectivity index (χ1v) is 9.88. The molecule has 2 aliphatic heterocycles. The summed E-state index contributed by atoms with van der Waals surface area (Å²) >= 11 is 0. The van der Waals surface area contributed by atoms with Crippen molar-refractivity contribution in [3.05, 3.63) is 58.2 Å². The number of rotatable bonds is 4. The van der Waals surface area contributed by atoms with Gasteiger partial charge in [-0.3, -0.25) is 29.6 Å². The summed E-state index contributed by atoms with van der Waals surface area (Å²) in [6, 6.07) is 4.68. The molecule has 1 aromatic heterocycles. The van der Waals surface area contributed by atoms with E-state index in [1.807, 2.05) is 4.90 Å². The van der Waals surface area contributed by atoms with E-state index in [-0.39, 0.29) is 24.0 Å². The standard InChI is InChI=1S/C20H22N6O4/c27-19(25-7-1-2-15-12-16(26(29)30)3-4-18(15)25)14-23-8-10-24(11-9-23)20(28)17-13-21-5-6-22-17/h3-6,12-13H,1-2,7-11,14H2. The molecule has 30 heavy (non-hydrogen) atoms. The van der Waals surface area contributed by atoms with Crippen LogP contribution >= 0.6 is 0 Å². The minimum absolute atomic E-state index is 0.0292. The van der Waals surface area contributed by atoms with Gasteiger partial charge in [-0.25, -0.2) is 4.98 Å². The second-order valence-corrected chi connectivity index (χ2v) is 7.38. The molecule has 0 N–H and O–H groups in total. The molecule has 2 amide bonds. The average Bonchev–Trinajstić information content (AvgIpc) is 2.78. The van der Waals surface area contributed by atoms with E-state index in [1.54, 1.807) is 21.9 Å². The third kappa shape index (κ3) is 4.13. The second-order valence-electron chi connectivity index (χ2n) is 7.38. The molecule has 156 valence electrons. The van der Waals surface area contributed by atoms with Crippen LogP contribution in [0.25, 0.3) is 0 Å². The van der Waals surface area contributed by atoms with Crippen LogP contribution in [0.4, 0.5) is 11.4 Å². The Morgan fingerprint density at radius 1 is 1.10 bits per heavy atom. The summed E-state index contributed by atoms with van der Waals surface area (Å²) in [6.07, 6.45) is 5.98. The Labute approximate surface area is 173 Å². The highest BCUT2D eigenvalue weighted by Gasteiger charge is 2.28. The smallest absolute Gasteiger partial charge is 0.274 e. The summed E-state index contributed by atoms with van der Waals surface area (Å²) in [5.41, 5.74) is 1.96. The largest absolute Gasteiger partial charge is 0.335 e. The molecule has 1 aromatic carbocycles. The molecular weight excluding hydrogens is 388 g/mol. The van der Waals surface area contributed by atoms with E-state index in [1.165, 1.54) is 24.7 Å². The minimum Gasteiger partial charge on any atom is -0.335 e. The molecule has 10 nitrogen and oxygen atoms in total. The zero-order valence-corrected chi connectivity index (χ0v) is 16.4. The lowest BCUT2D eigenvalue weighted by Crippen LogP contribution is -2.52. The minimum atomic E-state index is -0.414. The van der Waals surface area contributed by atoms with E-state index in [4.69, 9.17) is 0 Å². The highest BCUT2D eigenvalue weighted by molar-refractivity contribution is 5.96. The van der Waals surface area contributed by atoms with Gasteiger partial charge in [0.15, 0.2) is 0 Å². The van der Waals surface area contributed by atoms with E-state index in [2.05, 4.69) is 9.97 Å². The van der Waals surface area contributed by atoms with Crippen LogP contribution in [0.2, 0.25) is 0 Å². The van der Waals surface area contributed by atoms with Gasteiger partial charge in [0.05, 0.1) is 17.7 Å². The maximum Gasteiger partial charge on any atom is 0.274 e. The van der Waals surface area contributed by atoms with Crippen LogP contribution in [0.5, 0.6) is 0 Å². The Kier molecular flexibility index (Phi) is 5.66. The Morgan fingerprint density at radius 2 is 1.90 bits per heavy atom. The molecule has 2 aliphatic rings. The predicted molar refractivity (Wildman–Crippen MR) is 108 cm³/mol. The van der Waals surface area contributed by atoms with Crippen molar-refractivity contribution in [2.24, 2.45) is 0 Å². The number of hydrogen-bond acceptors (Lipinski definition) is 7. The number of non-ortho nitro benzene ring substituents is 1. The number of amides is 2. The first kappa shape index (κ1) is 19.9. The zero-order valence-electron chi connectivity index (χ0n) is 16.4. The lowest BCUT2D eigenvalue weighted by atomic mass is 10.0. The fourth-order valence-corrected chi connectivity index (χ4v) is 3.91. The van der Waals surface area contributed by atoms with E-state index in [0.29, 0.717) is 38.4 Å². The third-order valence-corrected chi connectivity index (χ3v) is 5.49. The predicted octanol–water partition coefficient (Wildman–Crippen LogP) is 1.12. The van der Waals surface area contributed by atoms with E-state index in [9.17, 15) is 19.7 Å². The van der Waals surface area contributed by atoms with Crippen molar-refractivity contribution in [2.45, 2.75) is 12.8 Å². The Balaban J connectivity index is 1.36. The first-order valence-electron chi connectivity index (χ1n) is 9.88. The molecule has 10 heteroatoms. The number of hydrogen-bond donors (Lipinski definition) is 0. The van der Waals surface area contributed by atoms with Crippen LogP contribution < -0.4 is 4.90 Å². The number of fused-ring (bicyclic) bond motifs is 1. The van der Waals surface area contributed by atoms with Crippen LogP contribution in [0.1, 0.15) is 22.5 Å². The number of aromatic nitrogens is 2. The van der Waals surface area contributed by atoms with E-state index >= 15 is 0 Å². The van der Waals surface area contributed by atoms with Crippen molar-refractivity contribution in [1.82, 2.24) is 19.8 Å². The maximum absolute atomic E-state index is 12.9. The Morgan fingerprint density at radius 3 is 2.60 bits per heavy atom. The van der Waals surface area contributed by atoms with Crippen LogP contribution in [-0.4, -0.2) is 75.8 Å². The summed E-state index contributed by atoms with van der Waals surface area (Å²) in [6.45, 7) is 3.09. The van der Waals surface area contributed by atoms with Crippen molar-refractivity contribution in [3.8, 4) is 0 Å². The van der Waals surface area contributed by atoms with Gasteiger partial charge in [-0.1, -0.05) is 0 Å². The van der Waals surface area contributed by atoms with Gasteiger partial charge in [0.2, 0.25) is 5.91 Å². The number of carbonyl (C=O) groups is 2. The van der Waals surface area contributed by atoms with Crippen molar-refractivity contribution >= 4 is 23.2 Å². The molecule has 2 aromatic rings. The van der Waals surface area contributed by atoms with Gasteiger partial charge >= 0.3 is 0 Å². The van der Waals surface area contributed by atoms with Gasteiger partial charge in [-0.05, 0) is 24.5 Å². The summed E-state index contributed by atoms with van der Waals surface area (Å²) in [5, 5.41) is 11.0. The molecule has 1 saturated heterocycles. The van der Waals surface area contributed by atoms with Crippen molar-refractivity contribution in [3.63, 3.8) is 0 Å². The monoisotopic (exact) mass is 410 g/mol. The number of nitro benzene ring substituents is 1. The van der Waals surface area contributed by atoms with Crippen LogP contribution in [0, 0.1) is 10.1 Å². The molecule has 0 spiro atoms. The number of nitrogens with zero attached hydrogens (tertiary/aromatic N) is 6. The molecule has 0 aliphatic carbocycles. The quantitative estimate of drug-likeness (QED) is 0.548. The van der Waals surface area contributed by atoms with Crippen molar-refractivity contribution < 1.29 is 14.5 Å². The molecule has 0 atom stereocenters. The second kappa shape index (κ2) is 8.54. The maximum atomic E-state index is 12.9. The molecule has 0 saturated carbocycles. The topological polar surface area (TPSA) is 113 Å². The number of piperazine rings is 1. The highest BCUT2D eigenvalue weighted by atomic mass is 16.6. The molecule has 3 heterocycles. The SMILES string of the molecule is O=C(c1cnccn1)N1CCN(CC(=O)N2CCCc3cc([N+](=O)[O-])ccc32)CC1. The number of anilines is 1. The number of benzene rings is 1. The van der Waals surface area contributed by atoms with Crippen molar-refractivity contribution in [1.29, 1.82) is 0 Å². The van der Waals surface area contributed by atoms with Gasteiger partial charge in [-0.2, -0.15) is 0 Å². The van der Waals surface area contributed by atoms with Gasteiger partial charge in [0, 0.05) is 62.9 Å². The summed E-state index contributed by atoms with van der Waals surface area (Å²) < 4.78 is 0. The fraction of sp³-hybridized carbons (Fsp3) is 0.400. The lowest BCUT2D eigenvalue weighted by molar-refractivity contribution is -0.384. The molecule has 0 unspecified atom stereocenters. The average molecular weight is 410 g/mol. The Hall–Kier alpha value is -3.40. The van der Waals surface area contributed by atoms with Gasteiger partial charge < -0.3 is 9.80 Å². The summed E-state index contributed by atoms with van der Waals surface area (Å²) in [4.78, 5) is 49.5. The molecule has 0 radical (unpaired) electrons. The summed E-state index contributed by atoms with van der Waals surface area (Å²) in [7, 11) is 0. The fourth-order valence-electron chi connectivity index (χ4n) is 3.91. The van der Waals surface area contributed by atoms with Crippen molar-refractivity contribution in [2.75, 3.05) is 44.2 Å². The normalized spacial score (nSPS) is 16.8. The lowest BCUT2D eigenvalue weighted by Gasteiger charge is -2.36. The molecule has 1 fully saturated rings. The summed E-state index contributed by atoms with van der Waals surface area (Å²) in [5.74, 6) is -0.181. The van der Waals surface area contributed by atoms with Gasteiger partial charge in [-0.15, -0.1) is 0 Å². The van der Waals surface area contributed by atoms with Crippen LogP contribution in [0.15, 0.2) is 36.8 Å². The zero-order chi connectivity index (χ0) is 21.1. The van der Waals surface area contributed by atoms with Gasteiger partial charge in [0.1, 0.15) is 5.69 Å². The van der Waals surface area contributed by atoms with Gasteiger partial charge in [0.25, 0.3) is 11.6 Å². The highest BCUT2D eigenvalue weighted by Crippen LogP contribution is 2.30. The number of aryl methyl sites for hydroxylation is 1. The molecule has 0 bridgehead atoms. The molecular formula is C20H22N6O4. The Bertz CT molecular complexity index is 959. The van der Waals surface area contributed by atoms with Crippen LogP contribution in [-0.2, 0) is 11.2 Å². The number of carbonyl (C=O) groups excluding carboxylic acids is 2. The number of nitro groups is 1. The first-order chi connectivity index (χ1) is 14.5. The van der Waals surface area contributed by atoms with E-state index < -0.39 is 4.92 Å².